The van der Waals surface area contributed by atoms with E-state index in [0.717, 1.165) is 29.6 Å². The Morgan fingerprint density at radius 2 is 1.78 bits per heavy atom. The van der Waals surface area contributed by atoms with E-state index in [1.807, 2.05) is 5.57 Å². The zero-order valence-corrected chi connectivity index (χ0v) is 16.0. The molecular weight excluding hydrogens is 276 g/mol. The van der Waals surface area contributed by atoms with Gasteiger partial charge in [-0.05, 0) is 92.3 Å². The van der Waals surface area contributed by atoms with E-state index in [1.54, 1.807) is 5.57 Å². The van der Waals surface area contributed by atoms with Crippen LogP contribution in [0.1, 0.15) is 79.6 Å². The Hall–Kier alpha value is -0.520. The van der Waals surface area contributed by atoms with Crippen molar-refractivity contribution in [1.82, 2.24) is 0 Å². The zero-order chi connectivity index (χ0) is 16.4. The van der Waals surface area contributed by atoms with E-state index in [-0.39, 0.29) is 0 Å². The topological polar surface area (TPSA) is 0 Å². The molecule has 0 N–H and O–H groups in total. The molecule has 0 spiro atoms. The van der Waals surface area contributed by atoms with Gasteiger partial charge in [0.25, 0.3) is 0 Å². The van der Waals surface area contributed by atoms with E-state index in [1.165, 1.54) is 44.9 Å². The normalized spacial score (nSPS) is 54.2. The lowest BCUT2D eigenvalue weighted by molar-refractivity contribution is -0.0177. The van der Waals surface area contributed by atoms with Crippen LogP contribution in [-0.4, -0.2) is 0 Å². The van der Waals surface area contributed by atoms with Gasteiger partial charge < -0.3 is 0 Å². The first-order chi connectivity index (χ1) is 10.9. The van der Waals surface area contributed by atoms with Crippen LogP contribution in [0.15, 0.2) is 23.3 Å². The van der Waals surface area contributed by atoms with Crippen LogP contribution >= 0.6 is 0 Å². The van der Waals surface area contributed by atoms with Gasteiger partial charge in [0.1, 0.15) is 0 Å². The molecule has 3 fully saturated rings. The van der Waals surface area contributed by atoms with Crippen molar-refractivity contribution in [2.45, 2.75) is 79.6 Å². The SMILES string of the molecule is C/C=C1\C(C)CC2C3CC=C4CC(C)CCC4(C)C3CCC12C. The summed E-state index contributed by atoms with van der Waals surface area (Å²) < 4.78 is 0. The third kappa shape index (κ3) is 2.09. The van der Waals surface area contributed by atoms with E-state index in [2.05, 4.69) is 46.8 Å². The van der Waals surface area contributed by atoms with Gasteiger partial charge in [0.2, 0.25) is 0 Å². The van der Waals surface area contributed by atoms with E-state index in [9.17, 15) is 0 Å². The quantitative estimate of drug-likeness (QED) is 0.433. The van der Waals surface area contributed by atoms with Crippen molar-refractivity contribution in [2.75, 3.05) is 0 Å². The summed E-state index contributed by atoms with van der Waals surface area (Å²) in [6, 6.07) is 0. The number of rotatable bonds is 0. The second-order valence-corrected chi connectivity index (χ2v) is 9.94. The van der Waals surface area contributed by atoms with Crippen molar-refractivity contribution in [2.24, 2.45) is 40.4 Å². The highest BCUT2D eigenvalue weighted by molar-refractivity contribution is 5.30. The molecule has 0 bridgehead atoms. The summed E-state index contributed by atoms with van der Waals surface area (Å²) >= 11 is 0. The maximum atomic E-state index is 2.71. The number of fused-ring (bicyclic) bond motifs is 5. The van der Waals surface area contributed by atoms with E-state index < -0.39 is 0 Å². The zero-order valence-electron chi connectivity index (χ0n) is 16.0. The van der Waals surface area contributed by atoms with Gasteiger partial charge in [0.15, 0.2) is 0 Å². The largest absolute Gasteiger partial charge is 0.0876 e. The Morgan fingerprint density at radius 3 is 2.52 bits per heavy atom. The first-order valence-corrected chi connectivity index (χ1v) is 10.3. The van der Waals surface area contributed by atoms with Crippen molar-refractivity contribution in [3.05, 3.63) is 23.3 Å². The fourth-order valence-electron chi connectivity index (χ4n) is 7.64. The van der Waals surface area contributed by atoms with Crippen molar-refractivity contribution in [3.63, 3.8) is 0 Å². The molecule has 0 heterocycles. The molecule has 0 aromatic heterocycles. The maximum absolute atomic E-state index is 2.71. The van der Waals surface area contributed by atoms with Crippen molar-refractivity contribution >= 4 is 0 Å². The molecule has 0 saturated heterocycles. The van der Waals surface area contributed by atoms with E-state index in [4.69, 9.17) is 0 Å². The van der Waals surface area contributed by atoms with Crippen LogP contribution in [0.25, 0.3) is 0 Å². The summed E-state index contributed by atoms with van der Waals surface area (Å²) in [5, 5.41) is 0. The number of hydrogen-bond acceptors (Lipinski definition) is 0. The Balaban J connectivity index is 1.70. The minimum Gasteiger partial charge on any atom is -0.0876 e. The Labute approximate surface area is 143 Å². The third-order valence-corrected chi connectivity index (χ3v) is 8.85. The summed E-state index contributed by atoms with van der Waals surface area (Å²) in [7, 11) is 0. The standard InChI is InChI=1S/C23H36/c1-6-19-16(3)14-21-18-8-7-17-13-15(2)9-11-22(17,4)20(18)10-12-23(19,21)5/h6-7,15-16,18,20-21H,8-14H2,1-5H3/b19-6+. The minimum absolute atomic E-state index is 0.513. The van der Waals surface area contributed by atoms with Crippen LogP contribution in [0.4, 0.5) is 0 Å². The van der Waals surface area contributed by atoms with Crippen molar-refractivity contribution < 1.29 is 0 Å². The average molecular weight is 313 g/mol. The second-order valence-electron chi connectivity index (χ2n) is 9.94. The summed E-state index contributed by atoms with van der Waals surface area (Å²) in [6.45, 7) is 12.5. The van der Waals surface area contributed by atoms with Gasteiger partial charge in [-0.2, -0.15) is 0 Å². The van der Waals surface area contributed by atoms with Gasteiger partial charge in [-0.25, -0.2) is 0 Å². The van der Waals surface area contributed by atoms with Crippen LogP contribution in [-0.2, 0) is 0 Å². The lowest BCUT2D eigenvalue weighted by Crippen LogP contribution is -2.49. The highest BCUT2D eigenvalue weighted by Gasteiger charge is 2.58. The molecule has 3 saturated carbocycles. The van der Waals surface area contributed by atoms with Crippen LogP contribution in [0, 0.1) is 40.4 Å². The van der Waals surface area contributed by atoms with E-state index >= 15 is 0 Å². The molecule has 0 heteroatoms. The molecule has 4 rings (SSSR count). The predicted octanol–water partition coefficient (Wildman–Crippen LogP) is 6.78. The van der Waals surface area contributed by atoms with Gasteiger partial charge in [-0.1, -0.05) is 51.0 Å². The molecule has 0 aromatic rings. The summed E-state index contributed by atoms with van der Waals surface area (Å²) in [6.07, 6.45) is 15.2. The van der Waals surface area contributed by atoms with Crippen LogP contribution < -0.4 is 0 Å². The van der Waals surface area contributed by atoms with Gasteiger partial charge in [-0.15, -0.1) is 0 Å². The Kier molecular flexibility index (Phi) is 3.64. The molecule has 128 valence electrons. The molecule has 0 nitrogen and oxygen atoms in total. The van der Waals surface area contributed by atoms with Crippen LogP contribution in [0.5, 0.6) is 0 Å². The third-order valence-electron chi connectivity index (χ3n) is 8.85. The molecule has 7 unspecified atom stereocenters. The Morgan fingerprint density at radius 1 is 1.04 bits per heavy atom. The van der Waals surface area contributed by atoms with Gasteiger partial charge >= 0.3 is 0 Å². The lowest BCUT2D eigenvalue weighted by Gasteiger charge is -2.57. The molecule has 0 aliphatic heterocycles. The Bertz CT molecular complexity index is 552. The maximum Gasteiger partial charge on any atom is -0.00824 e. The highest BCUT2D eigenvalue weighted by Crippen LogP contribution is 2.67. The summed E-state index contributed by atoms with van der Waals surface area (Å²) in [4.78, 5) is 0. The van der Waals surface area contributed by atoms with Crippen molar-refractivity contribution in [1.29, 1.82) is 0 Å². The van der Waals surface area contributed by atoms with Crippen LogP contribution in [0.2, 0.25) is 0 Å². The molecule has 0 aromatic carbocycles. The molecule has 4 aliphatic rings. The summed E-state index contributed by atoms with van der Waals surface area (Å²) in [5.74, 6) is 4.60. The minimum atomic E-state index is 0.513. The van der Waals surface area contributed by atoms with Gasteiger partial charge in [0.05, 0.1) is 0 Å². The summed E-state index contributed by atoms with van der Waals surface area (Å²) in [5.41, 5.74) is 4.69. The average Bonchev–Trinajstić information content (AvgIpc) is 2.77. The van der Waals surface area contributed by atoms with E-state index in [0.29, 0.717) is 10.8 Å². The predicted molar refractivity (Wildman–Crippen MR) is 99.2 cm³/mol. The first-order valence-electron chi connectivity index (χ1n) is 10.3. The lowest BCUT2D eigenvalue weighted by atomic mass is 9.47. The molecule has 4 aliphatic carbocycles. The fraction of sp³-hybridized carbons (Fsp3) is 0.826. The second kappa shape index (κ2) is 5.24. The molecule has 23 heavy (non-hydrogen) atoms. The highest BCUT2D eigenvalue weighted by atomic mass is 14.6. The van der Waals surface area contributed by atoms with Gasteiger partial charge in [-0.3, -0.25) is 0 Å². The van der Waals surface area contributed by atoms with Gasteiger partial charge in [0, 0.05) is 0 Å². The smallest absolute Gasteiger partial charge is 0.00824 e. The monoisotopic (exact) mass is 312 g/mol. The number of allylic oxidation sites excluding steroid dienone is 4. The first kappa shape index (κ1) is 16.0. The fourth-order valence-corrected chi connectivity index (χ4v) is 7.64. The molecular formula is C23H36. The molecule has 0 radical (unpaired) electrons. The van der Waals surface area contributed by atoms with Crippen molar-refractivity contribution in [3.8, 4) is 0 Å². The number of hydrogen-bond donors (Lipinski definition) is 0. The van der Waals surface area contributed by atoms with Crippen LogP contribution in [0.3, 0.4) is 0 Å². The molecule has 0 amide bonds. The molecule has 7 atom stereocenters.